The van der Waals surface area contributed by atoms with E-state index < -0.39 is 12.0 Å². The summed E-state index contributed by atoms with van der Waals surface area (Å²) >= 11 is 0. The van der Waals surface area contributed by atoms with Crippen molar-refractivity contribution in [2.24, 2.45) is 0 Å². The SMILES string of the molecule is CCOC(=O)N1CCN(CC(NC(C)=O)C(=O)OC)CC1. The second kappa shape index (κ2) is 8.46. The first-order chi connectivity index (χ1) is 9.97. The Morgan fingerprint density at radius 1 is 1.19 bits per heavy atom. The first kappa shape index (κ1) is 17.2. The molecular weight excluding hydrogens is 278 g/mol. The van der Waals surface area contributed by atoms with Crippen LogP contribution < -0.4 is 5.32 Å². The number of methoxy groups -OCH3 is 1. The molecule has 0 aromatic carbocycles. The number of rotatable bonds is 5. The number of carbonyl (C=O) groups is 3. The molecule has 0 aromatic rings. The number of nitrogens with one attached hydrogen (secondary N) is 1. The van der Waals surface area contributed by atoms with Gasteiger partial charge in [0.05, 0.1) is 13.7 Å². The van der Waals surface area contributed by atoms with Crippen LogP contribution in [0.5, 0.6) is 0 Å². The van der Waals surface area contributed by atoms with Crippen LogP contribution in [0.15, 0.2) is 0 Å². The summed E-state index contributed by atoms with van der Waals surface area (Å²) < 4.78 is 9.62. The summed E-state index contributed by atoms with van der Waals surface area (Å²) in [5, 5.41) is 2.57. The summed E-state index contributed by atoms with van der Waals surface area (Å²) in [5.74, 6) is -0.756. The maximum atomic E-state index is 11.6. The molecule has 0 radical (unpaired) electrons. The highest BCUT2D eigenvalue weighted by atomic mass is 16.6. The zero-order chi connectivity index (χ0) is 15.8. The summed E-state index contributed by atoms with van der Waals surface area (Å²) in [6.07, 6.45) is -0.316. The van der Waals surface area contributed by atoms with Crippen LogP contribution in [0.1, 0.15) is 13.8 Å². The minimum absolute atomic E-state index is 0.282. The van der Waals surface area contributed by atoms with E-state index in [1.807, 2.05) is 4.90 Å². The Kier molecular flexibility index (Phi) is 6.93. The Hall–Kier alpha value is -1.83. The maximum Gasteiger partial charge on any atom is 0.409 e. The lowest BCUT2D eigenvalue weighted by Crippen LogP contribution is -2.54. The molecule has 1 rings (SSSR count). The second-order valence-electron chi connectivity index (χ2n) is 4.76. The molecule has 8 nitrogen and oxygen atoms in total. The number of ether oxygens (including phenoxy) is 2. The van der Waals surface area contributed by atoms with Gasteiger partial charge in [0.25, 0.3) is 0 Å². The summed E-state index contributed by atoms with van der Waals surface area (Å²) in [6, 6.07) is -0.693. The fourth-order valence-corrected chi connectivity index (χ4v) is 2.15. The van der Waals surface area contributed by atoms with Crippen molar-refractivity contribution in [3.05, 3.63) is 0 Å². The molecule has 0 bridgehead atoms. The molecule has 1 aliphatic rings. The fraction of sp³-hybridized carbons (Fsp3) is 0.769. The first-order valence-corrected chi connectivity index (χ1v) is 6.96. The van der Waals surface area contributed by atoms with Gasteiger partial charge in [0.2, 0.25) is 5.91 Å². The van der Waals surface area contributed by atoms with Crippen molar-refractivity contribution in [3.8, 4) is 0 Å². The lowest BCUT2D eigenvalue weighted by molar-refractivity contribution is -0.145. The van der Waals surface area contributed by atoms with Crippen molar-refractivity contribution >= 4 is 18.0 Å². The number of amides is 2. The lowest BCUT2D eigenvalue weighted by atomic mass is 10.2. The lowest BCUT2D eigenvalue weighted by Gasteiger charge is -2.35. The van der Waals surface area contributed by atoms with Crippen LogP contribution in [0.25, 0.3) is 0 Å². The molecule has 1 atom stereocenters. The molecule has 1 heterocycles. The molecule has 1 N–H and O–H groups in total. The van der Waals surface area contributed by atoms with Gasteiger partial charge in [0.15, 0.2) is 0 Å². The van der Waals surface area contributed by atoms with E-state index in [4.69, 9.17) is 4.74 Å². The Morgan fingerprint density at radius 3 is 2.29 bits per heavy atom. The van der Waals surface area contributed by atoms with Gasteiger partial charge in [-0.2, -0.15) is 0 Å². The minimum Gasteiger partial charge on any atom is -0.467 e. The number of nitrogens with zero attached hydrogens (tertiary/aromatic N) is 2. The van der Waals surface area contributed by atoms with Crippen molar-refractivity contribution in [2.45, 2.75) is 19.9 Å². The van der Waals surface area contributed by atoms with Crippen LogP contribution in [0, 0.1) is 0 Å². The summed E-state index contributed by atoms with van der Waals surface area (Å²) in [7, 11) is 1.29. The van der Waals surface area contributed by atoms with Crippen molar-refractivity contribution in [1.29, 1.82) is 0 Å². The average Bonchev–Trinajstić information content (AvgIpc) is 2.46. The van der Waals surface area contributed by atoms with Gasteiger partial charge in [-0.25, -0.2) is 9.59 Å². The van der Waals surface area contributed by atoms with E-state index in [0.29, 0.717) is 39.3 Å². The second-order valence-corrected chi connectivity index (χ2v) is 4.76. The molecule has 0 saturated carbocycles. The molecule has 0 aliphatic carbocycles. The van der Waals surface area contributed by atoms with Gasteiger partial charge in [-0.1, -0.05) is 0 Å². The van der Waals surface area contributed by atoms with Gasteiger partial charge < -0.3 is 19.7 Å². The smallest absolute Gasteiger partial charge is 0.409 e. The number of piperazine rings is 1. The maximum absolute atomic E-state index is 11.6. The number of hydrogen-bond donors (Lipinski definition) is 1. The van der Waals surface area contributed by atoms with Crippen LogP contribution in [0.3, 0.4) is 0 Å². The van der Waals surface area contributed by atoms with E-state index in [1.165, 1.54) is 14.0 Å². The normalized spacial score (nSPS) is 17.0. The van der Waals surface area contributed by atoms with Gasteiger partial charge in [0.1, 0.15) is 6.04 Å². The molecule has 1 saturated heterocycles. The predicted molar refractivity (Wildman–Crippen MR) is 74.7 cm³/mol. The summed E-state index contributed by atoms with van der Waals surface area (Å²) in [6.45, 7) is 6.14. The molecule has 0 spiro atoms. The number of carbonyl (C=O) groups excluding carboxylic acids is 3. The van der Waals surface area contributed by atoms with Crippen molar-refractivity contribution in [2.75, 3.05) is 46.4 Å². The van der Waals surface area contributed by atoms with E-state index in [9.17, 15) is 14.4 Å². The Bertz CT molecular complexity index is 380. The summed E-state index contributed by atoms with van der Waals surface area (Å²) in [5.41, 5.74) is 0. The third kappa shape index (κ3) is 5.58. The van der Waals surface area contributed by atoms with E-state index in [1.54, 1.807) is 11.8 Å². The molecule has 2 amide bonds. The van der Waals surface area contributed by atoms with Crippen LogP contribution >= 0.6 is 0 Å². The molecule has 8 heteroatoms. The van der Waals surface area contributed by atoms with Crippen molar-refractivity contribution in [1.82, 2.24) is 15.1 Å². The minimum atomic E-state index is -0.693. The quantitative estimate of drug-likeness (QED) is 0.685. The molecule has 0 aromatic heterocycles. The summed E-state index contributed by atoms with van der Waals surface area (Å²) in [4.78, 5) is 38.0. The topological polar surface area (TPSA) is 88.2 Å². The van der Waals surface area contributed by atoms with Crippen molar-refractivity contribution in [3.63, 3.8) is 0 Å². The van der Waals surface area contributed by atoms with Gasteiger partial charge >= 0.3 is 12.1 Å². The standard InChI is InChI=1S/C13H23N3O5/c1-4-21-13(19)16-7-5-15(6-8-16)9-11(12(18)20-3)14-10(2)17/h11H,4-9H2,1-3H3,(H,14,17). The van der Waals surface area contributed by atoms with E-state index in [-0.39, 0.29) is 12.0 Å². The van der Waals surface area contributed by atoms with Gasteiger partial charge in [-0.3, -0.25) is 9.69 Å². The largest absolute Gasteiger partial charge is 0.467 e. The van der Waals surface area contributed by atoms with Crippen LogP contribution in [0.2, 0.25) is 0 Å². The molecule has 1 fully saturated rings. The molecule has 120 valence electrons. The van der Waals surface area contributed by atoms with E-state index in [2.05, 4.69) is 10.1 Å². The Labute approximate surface area is 124 Å². The Morgan fingerprint density at radius 2 is 1.81 bits per heavy atom. The van der Waals surface area contributed by atoms with Crippen molar-refractivity contribution < 1.29 is 23.9 Å². The first-order valence-electron chi connectivity index (χ1n) is 6.96. The zero-order valence-electron chi connectivity index (χ0n) is 12.8. The monoisotopic (exact) mass is 301 g/mol. The molecule has 1 unspecified atom stereocenters. The van der Waals surface area contributed by atoms with E-state index in [0.717, 1.165) is 0 Å². The predicted octanol–water partition coefficient (Wildman–Crippen LogP) is -0.562. The zero-order valence-corrected chi connectivity index (χ0v) is 12.8. The molecule has 1 aliphatic heterocycles. The fourth-order valence-electron chi connectivity index (χ4n) is 2.15. The number of esters is 1. The Balaban J connectivity index is 2.47. The third-order valence-corrected chi connectivity index (χ3v) is 3.20. The highest BCUT2D eigenvalue weighted by Crippen LogP contribution is 2.05. The van der Waals surface area contributed by atoms with Gasteiger partial charge in [-0.05, 0) is 6.92 Å². The highest BCUT2D eigenvalue weighted by Gasteiger charge is 2.27. The van der Waals surface area contributed by atoms with Crippen LogP contribution in [-0.4, -0.2) is 80.3 Å². The van der Waals surface area contributed by atoms with E-state index >= 15 is 0 Å². The van der Waals surface area contributed by atoms with Gasteiger partial charge in [-0.15, -0.1) is 0 Å². The third-order valence-electron chi connectivity index (χ3n) is 3.20. The highest BCUT2D eigenvalue weighted by molar-refractivity contribution is 5.83. The van der Waals surface area contributed by atoms with Crippen LogP contribution in [0.4, 0.5) is 4.79 Å². The van der Waals surface area contributed by atoms with Crippen LogP contribution in [-0.2, 0) is 19.1 Å². The average molecular weight is 301 g/mol. The number of hydrogen-bond acceptors (Lipinski definition) is 6. The molecular formula is C13H23N3O5. The van der Waals surface area contributed by atoms with Gasteiger partial charge in [0, 0.05) is 39.6 Å². The molecule has 21 heavy (non-hydrogen) atoms.